The lowest BCUT2D eigenvalue weighted by atomic mass is 10.4. The molecule has 0 atom stereocenters. The van der Waals surface area contributed by atoms with Gasteiger partial charge in [0.1, 0.15) is 10.7 Å². The summed E-state index contributed by atoms with van der Waals surface area (Å²) in [6.07, 6.45) is 1.14. The first-order valence-corrected chi connectivity index (χ1v) is 5.14. The number of thioether (sulfide) groups is 1. The van der Waals surface area contributed by atoms with E-state index in [-0.39, 0.29) is 11.4 Å². The summed E-state index contributed by atoms with van der Waals surface area (Å²) in [6, 6.07) is 0. The number of hydrogen-bond acceptors (Lipinski definition) is 5. The van der Waals surface area contributed by atoms with Gasteiger partial charge in [-0.3, -0.25) is 9.59 Å². The molecule has 0 aliphatic rings. The predicted octanol–water partition coefficient (Wildman–Crippen LogP) is -0.214. The van der Waals surface area contributed by atoms with E-state index in [0.717, 1.165) is 6.20 Å². The molecule has 1 rings (SSSR count). The SMILES string of the molecule is CCSc1nc(C(N)=O)cnc1C(N)=O. The third-order valence-corrected chi connectivity index (χ3v) is 2.35. The van der Waals surface area contributed by atoms with Crippen molar-refractivity contribution in [3.63, 3.8) is 0 Å². The molecule has 6 nitrogen and oxygen atoms in total. The number of aromatic nitrogens is 2. The molecular weight excluding hydrogens is 216 g/mol. The number of rotatable bonds is 4. The van der Waals surface area contributed by atoms with Crippen LogP contribution in [0.4, 0.5) is 0 Å². The van der Waals surface area contributed by atoms with Gasteiger partial charge in [-0.1, -0.05) is 6.92 Å². The van der Waals surface area contributed by atoms with Crippen LogP contribution in [0.25, 0.3) is 0 Å². The lowest BCUT2D eigenvalue weighted by Gasteiger charge is -2.03. The van der Waals surface area contributed by atoms with Gasteiger partial charge in [0.2, 0.25) is 0 Å². The fraction of sp³-hybridized carbons (Fsp3) is 0.250. The number of nitrogens with two attached hydrogens (primary N) is 2. The maximum Gasteiger partial charge on any atom is 0.270 e. The monoisotopic (exact) mass is 226 g/mol. The normalized spacial score (nSPS) is 9.93. The quantitative estimate of drug-likeness (QED) is 0.689. The smallest absolute Gasteiger partial charge is 0.270 e. The van der Waals surface area contributed by atoms with Crippen LogP contribution in [0.1, 0.15) is 27.9 Å². The fourth-order valence-electron chi connectivity index (χ4n) is 0.897. The van der Waals surface area contributed by atoms with Gasteiger partial charge < -0.3 is 11.5 Å². The Kier molecular flexibility index (Phi) is 3.62. The minimum absolute atomic E-state index is 0.0240. The Bertz CT molecular complexity index is 408. The maximum absolute atomic E-state index is 11.0. The lowest BCUT2D eigenvalue weighted by molar-refractivity contribution is 0.0977. The van der Waals surface area contributed by atoms with Crippen LogP contribution in [0.3, 0.4) is 0 Å². The van der Waals surface area contributed by atoms with Gasteiger partial charge in [-0.15, -0.1) is 11.8 Å². The molecule has 15 heavy (non-hydrogen) atoms. The highest BCUT2D eigenvalue weighted by atomic mass is 32.2. The van der Waals surface area contributed by atoms with E-state index in [1.807, 2.05) is 6.92 Å². The van der Waals surface area contributed by atoms with Crippen LogP contribution in [0.5, 0.6) is 0 Å². The van der Waals surface area contributed by atoms with Gasteiger partial charge in [-0.05, 0) is 5.75 Å². The second-order valence-electron chi connectivity index (χ2n) is 2.57. The van der Waals surface area contributed by atoms with Crippen molar-refractivity contribution in [2.75, 3.05) is 5.75 Å². The van der Waals surface area contributed by atoms with Gasteiger partial charge >= 0.3 is 0 Å². The Morgan fingerprint density at radius 1 is 1.40 bits per heavy atom. The van der Waals surface area contributed by atoms with Crippen molar-refractivity contribution in [2.24, 2.45) is 11.5 Å². The van der Waals surface area contributed by atoms with Crippen molar-refractivity contribution in [2.45, 2.75) is 11.9 Å². The van der Waals surface area contributed by atoms with Crippen LogP contribution in [0.2, 0.25) is 0 Å². The average molecular weight is 226 g/mol. The average Bonchev–Trinajstić information content (AvgIpc) is 2.17. The first kappa shape index (κ1) is 11.4. The predicted molar refractivity (Wildman–Crippen MR) is 55.5 cm³/mol. The second-order valence-corrected chi connectivity index (χ2v) is 3.82. The van der Waals surface area contributed by atoms with Crippen LogP contribution in [0.15, 0.2) is 11.2 Å². The zero-order valence-corrected chi connectivity index (χ0v) is 8.87. The summed E-state index contributed by atoms with van der Waals surface area (Å²) < 4.78 is 0. The van der Waals surface area contributed by atoms with E-state index in [4.69, 9.17) is 11.5 Å². The number of hydrogen-bond donors (Lipinski definition) is 2. The Morgan fingerprint density at radius 2 is 2.07 bits per heavy atom. The molecule has 0 aromatic carbocycles. The maximum atomic E-state index is 11.0. The minimum Gasteiger partial charge on any atom is -0.364 e. The highest BCUT2D eigenvalue weighted by molar-refractivity contribution is 7.99. The van der Waals surface area contributed by atoms with Crippen molar-refractivity contribution in [3.05, 3.63) is 17.6 Å². The van der Waals surface area contributed by atoms with Gasteiger partial charge in [-0.25, -0.2) is 9.97 Å². The molecule has 0 saturated carbocycles. The molecule has 0 unspecified atom stereocenters. The third kappa shape index (κ3) is 2.66. The summed E-state index contributed by atoms with van der Waals surface area (Å²) >= 11 is 1.28. The molecule has 0 aliphatic heterocycles. The van der Waals surface area contributed by atoms with E-state index in [9.17, 15) is 9.59 Å². The van der Waals surface area contributed by atoms with Crippen molar-refractivity contribution in [3.8, 4) is 0 Å². The molecular formula is C8H10N4O2S. The van der Waals surface area contributed by atoms with Crippen molar-refractivity contribution in [1.82, 2.24) is 9.97 Å². The summed E-state index contributed by atoms with van der Waals surface area (Å²) in [4.78, 5) is 29.5. The number of amides is 2. The Morgan fingerprint density at radius 3 is 2.53 bits per heavy atom. The highest BCUT2D eigenvalue weighted by Crippen LogP contribution is 2.18. The Hall–Kier alpha value is -1.63. The summed E-state index contributed by atoms with van der Waals surface area (Å²) in [5, 5.41) is 0.335. The van der Waals surface area contributed by atoms with Crippen LogP contribution < -0.4 is 11.5 Å². The topological polar surface area (TPSA) is 112 Å². The molecule has 0 radical (unpaired) electrons. The first-order valence-electron chi connectivity index (χ1n) is 4.15. The summed E-state index contributed by atoms with van der Waals surface area (Å²) in [5.41, 5.74) is 10.2. The zero-order chi connectivity index (χ0) is 11.4. The lowest BCUT2D eigenvalue weighted by Crippen LogP contribution is -2.19. The zero-order valence-electron chi connectivity index (χ0n) is 8.06. The highest BCUT2D eigenvalue weighted by Gasteiger charge is 2.14. The summed E-state index contributed by atoms with van der Waals surface area (Å²) in [7, 11) is 0. The molecule has 1 aromatic heterocycles. The molecule has 0 aliphatic carbocycles. The number of nitrogens with zero attached hydrogens (tertiary/aromatic N) is 2. The standard InChI is InChI=1S/C8H10N4O2S/c1-2-15-8-5(7(10)14)11-3-4(12-8)6(9)13/h3H,2H2,1H3,(H2,9,13)(H2,10,14). The molecule has 1 heterocycles. The van der Waals surface area contributed by atoms with Crippen LogP contribution in [-0.4, -0.2) is 27.5 Å². The van der Waals surface area contributed by atoms with Crippen molar-refractivity contribution < 1.29 is 9.59 Å². The van der Waals surface area contributed by atoms with E-state index < -0.39 is 11.8 Å². The number of primary amides is 2. The van der Waals surface area contributed by atoms with E-state index in [1.54, 1.807) is 0 Å². The van der Waals surface area contributed by atoms with Crippen LogP contribution >= 0.6 is 11.8 Å². The second kappa shape index (κ2) is 4.74. The Labute approximate surface area is 90.5 Å². The molecule has 0 bridgehead atoms. The van der Waals surface area contributed by atoms with Gasteiger partial charge in [0.05, 0.1) is 6.20 Å². The van der Waals surface area contributed by atoms with E-state index in [2.05, 4.69) is 9.97 Å². The largest absolute Gasteiger partial charge is 0.364 e. The van der Waals surface area contributed by atoms with Crippen LogP contribution in [0, 0.1) is 0 Å². The van der Waals surface area contributed by atoms with Gasteiger partial charge in [0, 0.05) is 0 Å². The number of carbonyl (C=O) groups is 2. The van der Waals surface area contributed by atoms with Gasteiger partial charge in [0.15, 0.2) is 5.69 Å². The van der Waals surface area contributed by atoms with Crippen molar-refractivity contribution >= 4 is 23.6 Å². The van der Waals surface area contributed by atoms with Crippen LogP contribution in [-0.2, 0) is 0 Å². The van der Waals surface area contributed by atoms with Gasteiger partial charge in [0.25, 0.3) is 11.8 Å². The molecule has 0 fully saturated rings. The first-order chi connectivity index (χ1) is 7.06. The van der Waals surface area contributed by atoms with Crippen molar-refractivity contribution in [1.29, 1.82) is 0 Å². The summed E-state index contributed by atoms with van der Waals surface area (Å²) in [5.74, 6) is -0.664. The Balaban J connectivity index is 3.20. The molecule has 1 aromatic rings. The molecule has 0 saturated heterocycles. The molecule has 2 amide bonds. The fourth-order valence-corrected chi connectivity index (χ4v) is 1.62. The molecule has 7 heteroatoms. The number of carbonyl (C=O) groups excluding carboxylic acids is 2. The molecule has 0 spiro atoms. The summed E-state index contributed by atoms with van der Waals surface area (Å²) in [6.45, 7) is 1.88. The molecule has 80 valence electrons. The minimum atomic E-state index is -0.684. The van der Waals surface area contributed by atoms with E-state index in [0.29, 0.717) is 10.8 Å². The third-order valence-electron chi connectivity index (χ3n) is 1.51. The van der Waals surface area contributed by atoms with Gasteiger partial charge in [-0.2, -0.15) is 0 Å². The van der Waals surface area contributed by atoms with E-state index >= 15 is 0 Å². The molecule has 4 N–H and O–H groups in total. The van der Waals surface area contributed by atoms with E-state index in [1.165, 1.54) is 11.8 Å².